The maximum absolute atomic E-state index is 12.2. The number of nitrogens with zero attached hydrogens (tertiary/aromatic N) is 4. The molecule has 27 heavy (non-hydrogen) atoms. The van der Waals surface area contributed by atoms with Gasteiger partial charge in [0.25, 0.3) is 0 Å². The molecule has 1 aromatic heterocycles. The Morgan fingerprint density at radius 1 is 1.30 bits per heavy atom. The summed E-state index contributed by atoms with van der Waals surface area (Å²) in [7, 11) is 3.55. The van der Waals surface area contributed by atoms with Gasteiger partial charge in [0.1, 0.15) is 5.75 Å². The fourth-order valence-corrected chi connectivity index (χ4v) is 2.30. The molecular formula is C18H25F2N5O2. The normalized spacial score (nSPS) is 12.4. The number of hydrogen-bond acceptors (Lipinski definition) is 5. The van der Waals surface area contributed by atoms with Crippen LogP contribution < -0.4 is 10.1 Å². The van der Waals surface area contributed by atoms with E-state index in [1.807, 2.05) is 32.7 Å². The first-order valence-electron chi connectivity index (χ1n) is 8.47. The van der Waals surface area contributed by atoms with Gasteiger partial charge >= 0.3 is 6.61 Å². The Morgan fingerprint density at radius 2 is 1.96 bits per heavy atom. The third kappa shape index (κ3) is 6.19. The largest absolute Gasteiger partial charge is 0.435 e. The monoisotopic (exact) mass is 381 g/mol. The lowest BCUT2D eigenvalue weighted by Gasteiger charge is -2.21. The molecule has 2 aromatic rings. The number of alkyl halides is 2. The predicted molar refractivity (Wildman–Crippen MR) is 97.7 cm³/mol. The molecule has 0 fully saturated rings. The van der Waals surface area contributed by atoms with Crippen molar-refractivity contribution in [2.24, 2.45) is 4.99 Å². The van der Waals surface area contributed by atoms with Crippen LogP contribution in [-0.4, -0.2) is 41.7 Å². The molecule has 0 unspecified atom stereocenters. The lowest BCUT2D eigenvalue weighted by Crippen LogP contribution is -2.38. The lowest BCUT2D eigenvalue weighted by molar-refractivity contribution is -0.0498. The smallest absolute Gasteiger partial charge is 0.387 e. The molecule has 0 saturated heterocycles. The topological polar surface area (TPSA) is 75.8 Å². The number of rotatable bonds is 6. The molecule has 1 heterocycles. The molecule has 9 heteroatoms. The Kier molecular flexibility index (Phi) is 6.70. The summed E-state index contributed by atoms with van der Waals surface area (Å²) in [4.78, 5) is 10.5. The summed E-state index contributed by atoms with van der Waals surface area (Å²) in [5, 5.41) is 7.14. The van der Waals surface area contributed by atoms with Crippen LogP contribution in [0.1, 0.15) is 38.0 Å². The molecule has 0 radical (unpaired) electrons. The zero-order valence-corrected chi connectivity index (χ0v) is 16.2. The molecule has 0 spiro atoms. The van der Waals surface area contributed by atoms with E-state index in [-0.39, 0.29) is 11.2 Å². The van der Waals surface area contributed by atoms with E-state index in [4.69, 9.17) is 4.52 Å². The molecule has 1 N–H and O–H groups in total. The van der Waals surface area contributed by atoms with Crippen molar-refractivity contribution >= 4 is 5.96 Å². The third-order valence-corrected chi connectivity index (χ3v) is 3.66. The summed E-state index contributed by atoms with van der Waals surface area (Å²) in [5.41, 5.74) is 0.723. The van der Waals surface area contributed by atoms with Gasteiger partial charge in [0.2, 0.25) is 5.89 Å². The highest BCUT2D eigenvalue weighted by molar-refractivity contribution is 5.79. The SMILES string of the molecule is CN=C(NCc1noc(C(C)(C)C)n1)N(C)Cc1ccc(OC(F)F)cc1. The highest BCUT2D eigenvalue weighted by Crippen LogP contribution is 2.19. The number of aromatic nitrogens is 2. The second-order valence-electron chi connectivity index (χ2n) is 7.05. The molecule has 0 atom stereocenters. The first-order chi connectivity index (χ1) is 12.7. The van der Waals surface area contributed by atoms with Crippen LogP contribution >= 0.6 is 0 Å². The zero-order valence-electron chi connectivity index (χ0n) is 16.2. The van der Waals surface area contributed by atoms with E-state index in [0.717, 1.165) is 5.56 Å². The fraction of sp³-hybridized carbons (Fsp3) is 0.500. The van der Waals surface area contributed by atoms with Crippen molar-refractivity contribution in [1.82, 2.24) is 20.4 Å². The molecule has 0 amide bonds. The van der Waals surface area contributed by atoms with Crippen LogP contribution in [-0.2, 0) is 18.5 Å². The maximum Gasteiger partial charge on any atom is 0.387 e. The molecule has 0 bridgehead atoms. The Bertz CT molecular complexity index is 754. The molecule has 2 rings (SSSR count). The number of ether oxygens (including phenoxy) is 1. The van der Waals surface area contributed by atoms with Crippen molar-refractivity contribution in [2.75, 3.05) is 14.1 Å². The minimum Gasteiger partial charge on any atom is -0.435 e. The van der Waals surface area contributed by atoms with Crippen LogP contribution in [0.3, 0.4) is 0 Å². The Hall–Kier alpha value is -2.71. The zero-order chi connectivity index (χ0) is 20.0. The van der Waals surface area contributed by atoms with E-state index in [9.17, 15) is 8.78 Å². The highest BCUT2D eigenvalue weighted by atomic mass is 19.3. The van der Waals surface area contributed by atoms with Crippen LogP contribution in [0.2, 0.25) is 0 Å². The molecule has 0 saturated carbocycles. The number of benzene rings is 1. The van der Waals surface area contributed by atoms with Gasteiger partial charge in [0.05, 0.1) is 6.54 Å². The van der Waals surface area contributed by atoms with Gasteiger partial charge in [0.15, 0.2) is 11.8 Å². The summed E-state index contributed by atoms with van der Waals surface area (Å²) in [6.07, 6.45) is 0. The van der Waals surface area contributed by atoms with Crippen LogP contribution in [0, 0.1) is 0 Å². The van der Waals surface area contributed by atoms with Crippen molar-refractivity contribution in [3.8, 4) is 5.75 Å². The molecule has 148 valence electrons. The summed E-state index contributed by atoms with van der Waals surface area (Å²) >= 11 is 0. The average molecular weight is 381 g/mol. The van der Waals surface area contributed by atoms with Gasteiger partial charge < -0.3 is 19.5 Å². The van der Waals surface area contributed by atoms with Crippen LogP contribution in [0.25, 0.3) is 0 Å². The number of halogens is 2. The van der Waals surface area contributed by atoms with Gasteiger partial charge in [0, 0.05) is 26.1 Å². The van der Waals surface area contributed by atoms with Gasteiger partial charge in [-0.15, -0.1) is 0 Å². The first kappa shape index (κ1) is 20.6. The number of guanidine groups is 1. The van der Waals surface area contributed by atoms with E-state index in [1.54, 1.807) is 19.2 Å². The molecular weight excluding hydrogens is 356 g/mol. The Labute approximate surface area is 157 Å². The third-order valence-electron chi connectivity index (χ3n) is 3.66. The quantitative estimate of drug-likeness (QED) is 0.612. The molecule has 1 aromatic carbocycles. The predicted octanol–water partition coefficient (Wildman–Crippen LogP) is 3.18. The van der Waals surface area contributed by atoms with Crippen LogP contribution in [0.5, 0.6) is 5.75 Å². The van der Waals surface area contributed by atoms with E-state index in [1.165, 1.54) is 12.1 Å². The van der Waals surface area contributed by atoms with Crippen LogP contribution in [0.15, 0.2) is 33.8 Å². The fourth-order valence-electron chi connectivity index (χ4n) is 2.30. The van der Waals surface area contributed by atoms with E-state index >= 15 is 0 Å². The number of nitrogens with one attached hydrogen (secondary N) is 1. The number of aliphatic imine (C=N–C) groups is 1. The lowest BCUT2D eigenvalue weighted by atomic mass is 9.97. The van der Waals surface area contributed by atoms with Crippen LogP contribution in [0.4, 0.5) is 8.78 Å². The van der Waals surface area contributed by atoms with Crippen molar-refractivity contribution < 1.29 is 18.0 Å². The van der Waals surface area contributed by atoms with Gasteiger partial charge in [-0.1, -0.05) is 38.1 Å². The average Bonchev–Trinajstić information content (AvgIpc) is 3.06. The summed E-state index contributed by atoms with van der Waals surface area (Å²) in [5.74, 6) is 1.90. The minimum absolute atomic E-state index is 0.130. The second-order valence-corrected chi connectivity index (χ2v) is 7.05. The summed E-state index contributed by atoms with van der Waals surface area (Å²) in [6, 6.07) is 6.49. The standard InChI is InChI=1S/C18H25F2N5O2/c1-18(2,3)15-23-14(24-27-15)10-22-17(21-4)25(5)11-12-6-8-13(9-7-12)26-16(19)20/h6-9,16H,10-11H2,1-5H3,(H,21,22). The van der Waals surface area contributed by atoms with Crippen molar-refractivity contribution in [1.29, 1.82) is 0 Å². The summed E-state index contributed by atoms with van der Waals surface area (Å²) in [6.45, 7) is 4.09. The van der Waals surface area contributed by atoms with Gasteiger partial charge in [-0.05, 0) is 17.7 Å². The molecule has 0 aliphatic carbocycles. The minimum atomic E-state index is -2.83. The van der Waals surface area contributed by atoms with E-state index in [2.05, 4.69) is 25.2 Å². The van der Waals surface area contributed by atoms with E-state index < -0.39 is 6.61 Å². The second kappa shape index (κ2) is 8.79. The molecule has 7 nitrogen and oxygen atoms in total. The molecule has 0 aliphatic rings. The summed E-state index contributed by atoms with van der Waals surface area (Å²) < 4.78 is 34.0. The van der Waals surface area contributed by atoms with Gasteiger partial charge in [-0.2, -0.15) is 13.8 Å². The van der Waals surface area contributed by atoms with Crippen molar-refractivity contribution in [2.45, 2.75) is 45.9 Å². The highest BCUT2D eigenvalue weighted by Gasteiger charge is 2.21. The van der Waals surface area contributed by atoms with Crippen molar-refractivity contribution in [3.05, 3.63) is 41.5 Å². The van der Waals surface area contributed by atoms with Gasteiger partial charge in [-0.3, -0.25) is 4.99 Å². The Morgan fingerprint density at radius 3 is 2.48 bits per heavy atom. The maximum atomic E-state index is 12.2. The molecule has 0 aliphatic heterocycles. The first-order valence-corrected chi connectivity index (χ1v) is 8.47. The van der Waals surface area contributed by atoms with Crippen molar-refractivity contribution in [3.63, 3.8) is 0 Å². The Balaban J connectivity index is 1.92. The van der Waals surface area contributed by atoms with Gasteiger partial charge in [-0.25, -0.2) is 0 Å². The number of hydrogen-bond donors (Lipinski definition) is 1. The van der Waals surface area contributed by atoms with E-state index in [0.29, 0.717) is 30.8 Å².